The Bertz CT molecular complexity index is 307. The van der Waals surface area contributed by atoms with E-state index in [4.69, 9.17) is 5.11 Å². The van der Waals surface area contributed by atoms with Gasteiger partial charge in [-0.05, 0) is 19.3 Å². The zero-order chi connectivity index (χ0) is 13.3. The standard InChI is InChI=1S/C11H23NO4S/c1-3-6-12(7-4-2)11(14)10-17(15,16)9-5-8-13/h13H,3-10H2,1-2H3. The summed E-state index contributed by atoms with van der Waals surface area (Å²) in [5, 5.41) is 8.58. The lowest BCUT2D eigenvalue weighted by Crippen LogP contribution is -2.37. The number of hydrogen-bond donors (Lipinski definition) is 1. The van der Waals surface area contributed by atoms with Crippen LogP contribution in [0.4, 0.5) is 0 Å². The van der Waals surface area contributed by atoms with Crippen LogP contribution in [-0.4, -0.2) is 55.5 Å². The Hall–Kier alpha value is -0.620. The molecule has 0 aliphatic heterocycles. The molecule has 0 aliphatic carbocycles. The van der Waals surface area contributed by atoms with Crippen LogP contribution in [-0.2, 0) is 14.6 Å². The lowest BCUT2D eigenvalue weighted by atomic mass is 10.3. The molecule has 0 heterocycles. The van der Waals surface area contributed by atoms with Gasteiger partial charge in [0.25, 0.3) is 0 Å². The molecule has 102 valence electrons. The number of rotatable bonds is 9. The fraction of sp³-hybridized carbons (Fsp3) is 0.909. The molecule has 1 amide bonds. The molecule has 0 fully saturated rings. The first-order valence-electron chi connectivity index (χ1n) is 6.05. The van der Waals surface area contributed by atoms with Gasteiger partial charge in [-0.25, -0.2) is 8.42 Å². The third-order valence-electron chi connectivity index (χ3n) is 2.30. The predicted octanol–water partition coefficient (Wildman–Crippen LogP) is 0.432. The van der Waals surface area contributed by atoms with E-state index in [0.717, 1.165) is 12.8 Å². The normalized spacial score (nSPS) is 11.5. The average Bonchev–Trinajstić information content (AvgIpc) is 2.25. The summed E-state index contributed by atoms with van der Waals surface area (Å²) in [5.74, 6) is -0.888. The summed E-state index contributed by atoms with van der Waals surface area (Å²) in [6, 6.07) is 0. The molecule has 17 heavy (non-hydrogen) atoms. The predicted molar refractivity (Wildman–Crippen MR) is 67.5 cm³/mol. The highest BCUT2D eigenvalue weighted by atomic mass is 32.2. The monoisotopic (exact) mass is 265 g/mol. The summed E-state index contributed by atoms with van der Waals surface area (Å²) >= 11 is 0. The van der Waals surface area contributed by atoms with Crippen LogP contribution >= 0.6 is 0 Å². The van der Waals surface area contributed by atoms with Gasteiger partial charge < -0.3 is 10.0 Å². The second-order valence-electron chi connectivity index (χ2n) is 4.05. The third kappa shape index (κ3) is 7.33. The van der Waals surface area contributed by atoms with Gasteiger partial charge in [-0.1, -0.05) is 13.8 Å². The minimum Gasteiger partial charge on any atom is -0.396 e. The number of sulfone groups is 1. The van der Waals surface area contributed by atoms with Gasteiger partial charge >= 0.3 is 0 Å². The zero-order valence-corrected chi connectivity index (χ0v) is 11.5. The number of aliphatic hydroxyl groups excluding tert-OH is 1. The molecule has 0 spiro atoms. The van der Waals surface area contributed by atoms with Gasteiger partial charge in [0.15, 0.2) is 9.84 Å². The smallest absolute Gasteiger partial charge is 0.237 e. The lowest BCUT2D eigenvalue weighted by Gasteiger charge is -2.21. The van der Waals surface area contributed by atoms with Crippen LogP contribution in [0.25, 0.3) is 0 Å². The Morgan fingerprint density at radius 2 is 1.71 bits per heavy atom. The minimum absolute atomic E-state index is 0.124. The van der Waals surface area contributed by atoms with Gasteiger partial charge in [0.1, 0.15) is 5.75 Å². The molecule has 0 aromatic carbocycles. The fourth-order valence-corrected chi connectivity index (χ4v) is 2.81. The van der Waals surface area contributed by atoms with Crippen molar-refractivity contribution in [2.75, 3.05) is 31.2 Å². The first-order chi connectivity index (χ1) is 7.96. The summed E-state index contributed by atoms with van der Waals surface area (Å²) in [4.78, 5) is 13.4. The Balaban J connectivity index is 4.37. The number of carbonyl (C=O) groups excluding carboxylic acids is 1. The van der Waals surface area contributed by atoms with E-state index in [-0.39, 0.29) is 24.7 Å². The van der Waals surface area contributed by atoms with E-state index in [0.29, 0.717) is 13.1 Å². The van der Waals surface area contributed by atoms with Crippen LogP contribution in [0.15, 0.2) is 0 Å². The van der Waals surface area contributed by atoms with Crippen molar-refractivity contribution in [1.29, 1.82) is 0 Å². The van der Waals surface area contributed by atoms with Gasteiger partial charge in [0.2, 0.25) is 5.91 Å². The number of aliphatic hydroxyl groups is 1. The van der Waals surface area contributed by atoms with E-state index in [1.807, 2.05) is 13.8 Å². The Morgan fingerprint density at radius 1 is 1.18 bits per heavy atom. The van der Waals surface area contributed by atoms with Crippen molar-refractivity contribution in [2.45, 2.75) is 33.1 Å². The largest absolute Gasteiger partial charge is 0.396 e. The van der Waals surface area contributed by atoms with Crippen LogP contribution in [0.5, 0.6) is 0 Å². The molecular formula is C11H23NO4S. The molecule has 0 saturated carbocycles. The summed E-state index contributed by atoms with van der Waals surface area (Å²) in [5.41, 5.74) is 0. The maximum absolute atomic E-state index is 11.8. The van der Waals surface area contributed by atoms with E-state index >= 15 is 0 Å². The van der Waals surface area contributed by atoms with Crippen molar-refractivity contribution < 1.29 is 18.3 Å². The second kappa shape index (κ2) is 8.47. The first-order valence-corrected chi connectivity index (χ1v) is 7.88. The van der Waals surface area contributed by atoms with Gasteiger partial charge in [-0.2, -0.15) is 0 Å². The molecular weight excluding hydrogens is 242 g/mol. The second-order valence-corrected chi connectivity index (χ2v) is 6.23. The summed E-state index contributed by atoms with van der Waals surface area (Å²) in [6.45, 7) is 4.94. The highest BCUT2D eigenvalue weighted by Gasteiger charge is 2.20. The molecule has 0 aromatic rings. The molecule has 1 N–H and O–H groups in total. The third-order valence-corrected chi connectivity index (χ3v) is 3.89. The number of amides is 1. The number of hydrogen-bond acceptors (Lipinski definition) is 4. The molecule has 6 heteroatoms. The Morgan fingerprint density at radius 3 is 2.12 bits per heavy atom. The van der Waals surface area contributed by atoms with E-state index < -0.39 is 15.6 Å². The van der Waals surface area contributed by atoms with Gasteiger partial charge in [0, 0.05) is 19.7 Å². The van der Waals surface area contributed by atoms with Crippen molar-refractivity contribution >= 4 is 15.7 Å². The maximum atomic E-state index is 11.8. The summed E-state index contributed by atoms with van der Waals surface area (Å²) < 4.78 is 23.1. The molecule has 5 nitrogen and oxygen atoms in total. The zero-order valence-electron chi connectivity index (χ0n) is 10.7. The Labute approximate surface area is 104 Å². The molecule has 0 rings (SSSR count). The molecule has 0 radical (unpaired) electrons. The van der Waals surface area contributed by atoms with E-state index in [2.05, 4.69) is 0 Å². The molecule has 0 aromatic heterocycles. The van der Waals surface area contributed by atoms with Gasteiger partial charge in [-0.15, -0.1) is 0 Å². The number of nitrogens with zero attached hydrogens (tertiary/aromatic N) is 1. The van der Waals surface area contributed by atoms with Crippen molar-refractivity contribution in [3.63, 3.8) is 0 Å². The van der Waals surface area contributed by atoms with Crippen molar-refractivity contribution in [1.82, 2.24) is 4.90 Å². The van der Waals surface area contributed by atoms with Crippen LogP contribution in [0.1, 0.15) is 33.1 Å². The first kappa shape index (κ1) is 16.4. The molecule has 0 aliphatic rings. The van der Waals surface area contributed by atoms with Crippen LogP contribution in [0, 0.1) is 0 Å². The number of carbonyl (C=O) groups is 1. The highest BCUT2D eigenvalue weighted by Crippen LogP contribution is 2.01. The average molecular weight is 265 g/mol. The van der Waals surface area contributed by atoms with Gasteiger partial charge in [-0.3, -0.25) is 4.79 Å². The maximum Gasteiger partial charge on any atom is 0.237 e. The lowest BCUT2D eigenvalue weighted by molar-refractivity contribution is -0.128. The van der Waals surface area contributed by atoms with Crippen LogP contribution in [0.3, 0.4) is 0 Å². The van der Waals surface area contributed by atoms with Crippen molar-refractivity contribution in [3.8, 4) is 0 Å². The molecule has 0 saturated heterocycles. The van der Waals surface area contributed by atoms with E-state index in [1.165, 1.54) is 0 Å². The van der Waals surface area contributed by atoms with Crippen molar-refractivity contribution in [3.05, 3.63) is 0 Å². The molecule has 0 unspecified atom stereocenters. The fourth-order valence-electron chi connectivity index (χ4n) is 1.54. The van der Waals surface area contributed by atoms with Crippen LogP contribution < -0.4 is 0 Å². The SMILES string of the molecule is CCCN(CCC)C(=O)CS(=O)(=O)CCCO. The van der Waals surface area contributed by atoms with E-state index in [1.54, 1.807) is 4.90 Å². The highest BCUT2D eigenvalue weighted by molar-refractivity contribution is 7.92. The van der Waals surface area contributed by atoms with E-state index in [9.17, 15) is 13.2 Å². The Kier molecular flexibility index (Phi) is 8.16. The molecule has 0 bridgehead atoms. The summed E-state index contributed by atoms with van der Waals surface area (Å²) in [6.07, 6.45) is 1.84. The quantitative estimate of drug-likeness (QED) is 0.656. The minimum atomic E-state index is -3.38. The molecule has 0 atom stereocenters. The summed E-state index contributed by atoms with van der Waals surface area (Å²) in [7, 11) is -3.38. The van der Waals surface area contributed by atoms with Gasteiger partial charge in [0.05, 0.1) is 5.75 Å². The van der Waals surface area contributed by atoms with Crippen molar-refractivity contribution in [2.24, 2.45) is 0 Å². The van der Waals surface area contributed by atoms with Crippen LogP contribution in [0.2, 0.25) is 0 Å². The topological polar surface area (TPSA) is 74.7 Å².